The number of imide groups is 2. The Morgan fingerprint density at radius 2 is 1.73 bits per heavy atom. The van der Waals surface area contributed by atoms with E-state index in [2.05, 4.69) is 31.9 Å². The number of hydrogen-bond donors (Lipinski definition) is 1. The van der Waals surface area contributed by atoms with Crippen LogP contribution >= 0.6 is 27.5 Å². The summed E-state index contributed by atoms with van der Waals surface area (Å²) in [6, 6.07) is 12.1. The van der Waals surface area contributed by atoms with E-state index in [9.17, 15) is 14.4 Å². The van der Waals surface area contributed by atoms with E-state index in [4.69, 9.17) is 11.6 Å². The summed E-state index contributed by atoms with van der Waals surface area (Å²) in [5.41, 5.74) is 5.37. The predicted molar refractivity (Wildman–Crippen MR) is 133 cm³/mol. The maximum absolute atomic E-state index is 13.3. The lowest BCUT2D eigenvalue weighted by molar-refractivity contribution is -0.122. The Morgan fingerprint density at radius 3 is 2.42 bits per heavy atom. The van der Waals surface area contributed by atoms with Crippen molar-refractivity contribution < 1.29 is 14.4 Å². The minimum Gasteiger partial charge on any atom is -0.318 e. The van der Waals surface area contributed by atoms with Crippen molar-refractivity contribution in [1.29, 1.82) is 0 Å². The molecule has 0 bridgehead atoms. The van der Waals surface area contributed by atoms with Gasteiger partial charge in [-0.1, -0.05) is 33.6 Å². The molecule has 2 aromatic carbocycles. The molecule has 1 saturated heterocycles. The SMILES string of the molecule is Cc1cc(-n2c(C)cc(/C=C3\C(=O)NC(=O)N(c4cccc(Cl)c4C)C3=O)c2C)ccc1Br. The Kier molecular flexibility index (Phi) is 6.03. The lowest BCUT2D eigenvalue weighted by Crippen LogP contribution is -2.54. The highest BCUT2D eigenvalue weighted by Gasteiger charge is 2.37. The number of carbonyl (C=O) groups excluding carboxylic acids is 3. The van der Waals surface area contributed by atoms with Crippen molar-refractivity contribution in [1.82, 2.24) is 9.88 Å². The van der Waals surface area contributed by atoms with E-state index in [1.54, 1.807) is 25.1 Å². The molecule has 1 aromatic heterocycles. The maximum atomic E-state index is 13.3. The number of halogens is 2. The van der Waals surface area contributed by atoms with E-state index in [0.29, 0.717) is 21.8 Å². The summed E-state index contributed by atoms with van der Waals surface area (Å²) in [6.45, 7) is 7.61. The van der Waals surface area contributed by atoms with E-state index in [1.807, 2.05) is 39.0 Å². The number of rotatable bonds is 3. The van der Waals surface area contributed by atoms with Crippen LogP contribution in [-0.4, -0.2) is 22.4 Å². The molecule has 0 atom stereocenters. The van der Waals surface area contributed by atoms with Gasteiger partial charge < -0.3 is 4.57 Å². The number of benzene rings is 2. The topological polar surface area (TPSA) is 71.4 Å². The first-order chi connectivity index (χ1) is 15.6. The molecule has 1 fully saturated rings. The number of aryl methyl sites for hydroxylation is 2. The summed E-state index contributed by atoms with van der Waals surface area (Å²) in [6.07, 6.45) is 1.53. The molecular weight excluding hydrogens is 506 g/mol. The van der Waals surface area contributed by atoms with Crippen LogP contribution in [0.2, 0.25) is 5.02 Å². The van der Waals surface area contributed by atoms with Gasteiger partial charge in [0, 0.05) is 26.6 Å². The first kappa shape index (κ1) is 23.0. The number of aromatic nitrogens is 1. The van der Waals surface area contributed by atoms with Gasteiger partial charge in [0.15, 0.2) is 0 Å². The van der Waals surface area contributed by atoms with E-state index < -0.39 is 17.8 Å². The summed E-state index contributed by atoms with van der Waals surface area (Å²) >= 11 is 9.71. The van der Waals surface area contributed by atoms with Crippen LogP contribution in [0.15, 0.2) is 52.5 Å². The molecule has 2 heterocycles. The molecule has 0 spiro atoms. The van der Waals surface area contributed by atoms with E-state index >= 15 is 0 Å². The molecule has 0 radical (unpaired) electrons. The highest BCUT2D eigenvalue weighted by atomic mass is 79.9. The zero-order valence-corrected chi connectivity index (χ0v) is 20.8. The van der Waals surface area contributed by atoms with Gasteiger partial charge in [0.1, 0.15) is 5.57 Å². The van der Waals surface area contributed by atoms with Gasteiger partial charge in [-0.15, -0.1) is 0 Å². The van der Waals surface area contributed by atoms with Crippen LogP contribution in [0.3, 0.4) is 0 Å². The summed E-state index contributed by atoms with van der Waals surface area (Å²) < 4.78 is 3.07. The number of nitrogens with one attached hydrogen (secondary N) is 1. The molecule has 1 aliphatic rings. The molecule has 1 aliphatic heterocycles. The molecule has 33 heavy (non-hydrogen) atoms. The summed E-state index contributed by atoms with van der Waals surface area (Å²) in [7, 11) is 0. The van der Waals surface area contributed by atoms with Crippen molar-refractivity contribution in [2.24, 2.45) is 0 Å². The van der Waals surface area contributed by atoms with Gasteiger partial charge in [0.25, 0.3) is 11.8 Å². The fourth-order valence-electron chi connectivity index (χ4n) is 3.97. The van der Waals surface area contributed by atoms with Crippen LogP contribution in [0.25, 0.3) is 11.8 Å². The third-order valence-corrected chi connectivity index (χ3v) is 7.05. The Balaban J connectivity index is 1.79. The van der Waals surface area contributed by atoms with E-state index in [1.165, 1.54) is 6.08 Å². The molecular formula is C25H21BrClN3O3. The third-order valence-electron chi connectivity index (χ3n) is 5.75. The highest BCUT2D eigenvalue weighted by Crippen LogP contribution is 2.31. The van der Waals surface area contributed by atoms with Gasteiger partial charge in [-0.2, -0.15) is 0 Å². The lowest BCUT2D eigenvalue weighted by atomic mass is 10.1. The molecule has 6 nitrogen and oxygen atoms in total. The van der Waals surface area contributed by atoms with Crippen LogP contribution in [-0.2, 0) is 9.59 Å². The Hall–Kier alpha value is -3.16. The lowest BCUT2D eigenvalue weighted by Gasteiger charge is -2.27. The Bertz CT molecular complexity index is 1370. The minimum absolute atomic E-state index is 0.124. The molecule has 0 aliphatic carbocycles. The first-order valence-electron chi connectivity index (χ1n) is 10.2. The number of anilines is 1. The Morgan fingerprint density at radius 1 is 1.00 bits per heavy atom. The van der Waals surface area contributed by atoms with Gasteiger partial charge in [0.2, 0.25) is 0 Å². The molecule has 4 amide bonds. The number of barbiturate groups is 1. The van der Waals surface area contributed by atoms with Gasteiger partial charge in [0.05, 0.1) is 5.69 Å². The zero-order chi connectivity index (χ0) is 24.0. The van der Waals surface area contributed by atoms with Crippen molar-refractivity contribution in [3.8, 4) is 5.69 Å². The van der Waals surface area contributed by atoms with Gasteiger partial charge >= 0.3 is 6.03 Å². The fourth-order valence-corrected chi connectivity index (χ4v) is 4.39. The normalized spacial score (nSPS) is 15.4. The Labute approximate surface area is 205 Å². The first-order valence-corrected chi connectivity index (χ1v) is 11.4. The molecule has 4 rings (SSSR count). The summed E-state index contributed by atoms with van der Waals surface area (Å²) in [5, 5.41) is 2.69. The van der Waals surface area contributed by atoms with Crippen LogP contribution in [0, 0.1) is 27.7 Å². The molecule has 3 aromatic rings. The van der Waals surface area contributed by atoms with Crippen molar-refractivity contribution in [2.45, 2.75) is 27.7 Å². The summed E-state index contributed by atoms with van der Waals surface area (Å²) in [5.74, 6) is -1.43. The number of hydrogen-bond acceptors (Lipinski definition) is 3. The van der Waals surface area contributed by atoms with Gasteiger partial charge in [-0.25, -0.2) is 9.69 Å². The molecule has 0 unspecified atom stereocenters. The molecule has 0 saturated carbocycles. The zero-order valence-electron chi connectivity index (χ0n) is 18.5. The van der Waals surface area contributed by atoms with E-state index in [-0.39, 0.29) is 5.57 Å². The van der Waals surface area contributed by atoms with Crippen molar-refractivity contribution >= 4 is 57.1 Å². The number of amides is 4. The summed E-state index contributed by atoms with van der Waals surface area (Å²) in [4.78, 5) is 39.4. The van der Waals surface area contributed by atoms with Gasteiger partial charge in [-0.05, 0) is 86.9 Å². The average Bonchev–Trinajstić information content (AvgIpc) is 3.03. The van der Waals surface area contributed by atoms with Gasteiger partial charge in [-0.3, -0.25) is 14.9 Å². The fraction of sp³-hybridized carbons (Fsp3) is 0.160. The molecule has 1 N–H and O–H groups in total. The van der Waals surface area contributed by atoms with Crippen LogP contribution < -0.4 is 10.2 Å². The van der Waals surface area contributed by atoms with E-state index in [0.717, 1.165) is 32.0 Å². The van der Waals surface area contributed by atoms with Crippen molar-refractivity contribution in [3.05, 3.63) is 85.6 Å². The average molecular weight is 527 g/mol. The van der Waals surface area contributed by atoms with Crippen LogP contribution in [0.1, 0.15) is 28.1 Å². The monoisotopic (exact) mass is 525 g/mol. The quantitative estimate of drug-likeness (QED) is 0.347. The second-order valence-electron chi connectivity index (χ2n) is 7.94. The second-order valence-corrected chi connectivity index (χ2v) is 9.20. The minimum atomic E-state index is -0.802. The molecule has 8 heteroatoms. The largest absolute Gasteiger partial charge is 0.335 e. The third kappa shape index (κ3) is 4.03. The smallest absolute Gasteiger partial charge is 0.318 e. The van der Waals surface area contributed by atoms with Crippen LogP contribution in [0.5, 0.6) is 0 Å². The number of urea groups is 1. The van der Waals surface area contributed by atoms with Crippen molar-refractivity contribution in [3.63, 3.8) is 0 Å². The van der Waals surface area contributed by atoms with Crippen molar-refractivity contribution in [2.75, 3.05) is 4.90 Å². The molecule has 168 valence electrons. The maximum Gasteiger partial charge on any atom is 0.335 e. The predicted octanol–water partition coefficient (Wildman–Crippen LogP) is 5.79. The number of nitrogens with zero attached hydrogens (tertiary/aromatic N) is 2. The highest BCUT2D eigenvalue weighted by molar-refractivity contribution is 9.10. The number of carbonyl (C=O) groups is 3. The second kappa shape index (κ2) is 8.65. The standard InChI is InChI=1S/C25H21BrClN3O3/c1-13-10-18(8-9-20(13)26)29-14(2)11-17(16(29)4)12-19-23(31)28-25(33)30(24(19)32)22-7-5-6-21(27)15(22)3/h5-12H,1-4H3,(H,28,31,33)/b19-12+. The van der Waals surface area contributed by atoms with Crippen LogP contribution in [0.4, 0.5) is 10.5 Å².